The molecule has 4 aromatic rings. The second kappa shape index (κ2) is 6.35. The predicted octanol–water partition coefficient (Wildman–Crippen LogP) is 6.56. The van der Waals surface area contributed by atoms with Crippen molar-refractivity contribution in [2.75, 3.05) is 5.73 Å². The second-order valence-corrected chi connectivity index (χ2v) is 8.21. The van der Waals surface area contributed by atoms with Crippen molar-refractivity contribution in [2.24, 2.45) is 0 Å². The summed E-state index contributed by atoms with van der Waals surface area (Å²) in [4.78, 5) is 0. The van der Waals surface area contributed by atoms with Gasteiger partial charge in [0.25, 0.3) is 0 Å². The number of hydrogen-bond donors (Lipinski definition) is 1. The number of anilines is 1. The number of nitrogen functional groups attached to an aromatic ring is 1. The molecule has 5 rings (SSSR count). The van der Waals surface area contributed by atoms with Gasteiger partial charge in [-0.05, 0) is 76.9 Å². The molecule has 1 heteroatoms. The fourth-order valence-corrected chi connectivity index (χ4v) is 4.87. The monoisotopic (exact) mass is 375 g/mol. The van der Waals surface area contributed by atoms with Gasteiger partial charge in [-0.2, -0.15) is 0 Å². The fraction of sp³-hybridized carbons (Fsp3) is 0.143. The summed E-state index contributed by atoms with van der Waals surface area (Å²) in [6, 6.07) is 31.1. The van der Waals surface area contributed by atoms with Crippen molar-refractivity contribution in [3.63, 3.8) is 0 Å². The van der Waals surface area contributed by atoms with E-state index in [2.05, 4.69) is 106 Å². The van der Waals surface area contributed by atoms with Crippen LogP contribution in [0.4, 0.5) is 5.69 Å². The van der Waals surface area contributed by atoms with Crippen molar-refractivity contribution >= 4 is 5.69 Å². The molecule has 0 heterocycles. The van der Waals surface area contributed by atoms with E-state index in [1.54, 1.807) is 0 Å². The average Bonchev–Trinajstić information content (AvgIpc) is 3.04. The molecule has 0 aliphatic heterocycles. The molecule has 0 saturated heterocycles. The van der Waals surface area contributed by atoms with Gasteiger partial charge in [0.15, 0.2) is 0 Å². The molecule has 0 radical (unpaired) electrons. The minimum Gasteiger partial charge on any atom is -0.399 e. The third kappa shape index (κ3) is 2.40. The molecule has 29 heavy (non-hydrogen) atoms. The molecule has 0 bridgehead atoms. The van der Waals surface area contributed by atoms with E-state index in [4.69, 9.17) is 5.73 Å². The van der Waals surface area contributed by atoms with Crippen LogP contribution in [0, 0.1) is 20.8 Å². The Kier molecular flexibility index (Phi) is 3.89. The summed E-state index contributed by atoms with van der Waals surface area (Å²) in [5.41, 5.74) is 18.4. The molecule has 0 fully saturated rings. The molecule has 0 spiro atoms. The van der Waals surface area contributed by atoms with Crippen LogP contribution in [-0.2, 0) is 5.41 Å². The first kappa shape index (κ1) is 17.8. The van der Waals surface area contributed by atoms with E-state index in [-0.39, 0.29) is 5.41 Å². The molecule has 1 nitrogen and oxygen atoms in total. The van der Waals surface area contributed by atoms with Crippen molar-refractivity contribution in [1.29, 1.82) is 0 Å². The highest BCUT2D eigenvalue weighted by Crippen LogP contribution is 2.56. The molecule has 0 unspecified atom stereocenters. The van der Waals surface area contributed by atoms with Crippen molar-refractivity contribution in [2.45, 2.75) is 26.2 Å². The number of nitrogens with two attached hydrogens (primary N) is 1. The van der Waals surface area contributed by atoms with Gasteiger partial charge >= 0.3 is 0 Å². The Morgan fingerprint density at radius 3 is 1.62 bits per heavy atom. The molecule has 1 aliphatic rings. The topological polar surface area (TPSA) is 26.0 Å². The first-order valence-corrected chi connectivity index (χ1v) is 10.2. The first-order valence-electron chi connectivity index (χ1n) is 10.2. The van der Waals surface area contributed by atoms with Gasteiger partial charge in [-0.15, -0.1) is 0 Å². The summed E-state index contributed by atoms with van der Waals surface area (Å²) in [5, 5.41) is 0. The van der Waals surface area contributed by atoms with Gasteiger partial charge in [-0.3, -0.25) is 0 Å². The van der Waals surface area contributed by atoms with E-state index >= 15 is 0 Å². The number of benzene rings is 4. The van der Waals surface area contributed by atoms with E-state index in [1.807, 2.05) is 0 Å². The fourth-order valence-electron chi connectivity index (χ4n) is 4.87. The number of hydrogen-bond acceptors (Lipinski definition) is 1. The van der Waals surface area contributed by atoms with Gasteiger partial charge < -0.3 is 5.73 Å². The zero-order valence-electron chi connectivity index (χ0n) is 17.2. The molecule has 0 aromatic heterocycles. The summed E-state index contributed by atoms with van der Waals surface area (Å²) in [6.07, 6.45) is 0. The third-order valence-corrected chi connectivity index (χ3v) is 6.60. The van der Waals surface area contributed by atoms with Gasteiger partial charge in [-0.1, -0.05) is 78.9 Å². The molecule has 1 aliphatic carbocycles. The lowest BCUT2D eigenvalue weighted by Crippen LogP contribution is -2.29. The Bertz CT molecular complexity index is 1150. The van der Waals surface area contributed by atoms with Gasteiger partial charge in [0, 0.05) is 5.69 Å². The molecule has 0 atom stereocenters. The van der Waals surface area contributed by atoms with Crippen LogP contribution in [0.25, 0.3) is 11.1 Å². The molecular formula is C28H25N. The molecular weight excluding hydrogens is 350 g/mol. The number of aryl methyl sites for hydroxylation is 3. The van der Waals surface area contributed by atoms with E-state index in [0.717, 1.165) is 11.3 Å². The zero-order valence-corrected chi connectivity index (χ0v) is 17.2. The SMILES string of the molecule is Cc1ccc(C2(c3ccc(C)c(N)c3)c3ccccc3-c3ccccc32)cc1C. The standard InChI is InChI=1S/C28H25N/c1-18-12-14-21(16-20(18)3)28(22-15-13-19(2)27(29)17-22)25-10-6-4-8-23(25)24-9-5-7-11-26(24)28/h4-17H,29H2,1-3H3. The lowest BCUT2D eigenvalue weighted by molar-refractivity contribution is 0.767. The van der Waals surface area contributed by atoms with E-state index in [1.165, 1.54) is 44.5 Å². The lowest BCUT2D eigenvalue weighted by atomic mass is 9.67. The van der Waals surface area contributed by atoms with Crippen molar-refractivity contribution in [1.82, 2.24) is 0 Å². The van der Waals surface area contributed by atoms with Gasteiger partial charge in [0.2, 0.25) is 0 Å². The van der Waals surface area contributed by atoms with E-state index < -0.39 is 0 Å². The summed E-state index contributed by atoms with van der Waals surface area (Å²) in [5.74, 6) is 0. The van der Waals surface area contributed by atoms with E-state index in [0.29, 0.717) is 0 Å². The van der Waals surface area contributed by atoms with Crippen LogP contribution < -0.4 is 5.73 Å². The Morgan fingerprint density at radius 1 is 0.552 bits per heavy atom. The maximum absolute atomic E-state index is 6.42. The van der Waals surface area contributed by atoms with Crippen LogP contribution in [0.2, 0.25) is 0 Å². The van der Waals surface area contributed by atoms with Crippen LogP contribution >= 0.6 is 0 Å². The highest BCUT2D eigenvalue weighted by Gasteiger charge is 2.46. The van der Waals surface area contributed by atoms with Crippen molar-refractivity contribution in [3.05, 3.63) is 124 Å². The van der Waals surface area contributed by atoms with Crippen LogP contribution in [0.3, 0.4) is 0 Å². The molecule has 0 saturated carbocycles. The second-order valence-electron chi connectivity index (χ2n) is 8.21. The quantitative estimate of drug-likeness (QED) is 0.348. The Morgan fingerprint density at radius 2 is 1.07 bits per heavy atom. The Hall–Kier alpha value is -3.32. The molecule has 0 amide bonds. The van der Waals surface area contributed by atoms with Crippen LogP contribution in [0.15, 0.2) is 84.9 Å². The molecule has 4 aromatic carbocycles. The molecule has 2 N–H and O–H groups in total. The maximum Gasteiger partial charge on any atom is 0.0714 e. The smallest absolute Gasteiger partial charge is 0.0714 e. The number of rotatable bonds is 2. The average molecular weight is 376 g/mol. The van der Waals surface area contributed by atoms with Crippen LogP contribution in [-0.4, -0.2) is 0 Å². The largest absolute Gasteiger partial charge is 0.399 e. The maximum atomic E-state index is 6.42. The van der Waals surface area contributed by atoms with Crippen molar-refractivity contribution < 1.29 is 0 Å². The van der Waals surface area contributed by atoms with Crippen LogP contribution in [0.5, 0.6) is 0 Å². The summed E-state index contributed by atoms with van der Waals surface area (Å²) < 4.78 is 0. The highest BCUT2D eigenvalue weighted by molar-refractivity contribution is 5.86. The minimum absolute atomic E-state index is 0.368. The molecule has 142 valence electrons. The lowest BCUT2D eigenvalue weighted by Gasteiger charge is -2.34. The predicted molar refractivity (Wildman–Crippen MR) is 122 cm³/mol. The summed E-state index contributed by atoms with van der Waals surface area (Å²) in [6.45, 7) is 6.44. The van der Waals surface area contributed by atoms with E-state index in [9.17, 15) is 0 Å². The Balaban J connectivity index is 1.97. The van der Waals surface area contributed by atoms with Gasteiger partial charge in [-0.25, -0.2) is 0 Å². The van der Waals surface area contributed by atoms with Gasteiger partial charge in [0.1, 0.15) is 0 Å². The normalized spacial score (nSPS) is 13.8. The van der Waals surface area contributed by atoms with Crippen molar-refractivity contribution in [3.8, 4) is 11.1 Å². The van der Waals surface area contributed by atoms with Crippen LogP contribution in [0.1, 0.15) is 38.9 Å². The zero-order chi connectivity index (χ0) is 20.2. The third-order valence-electron chi connectivity index (χ3n) is 6.60. The summed E-state index contributed by atoms with van der Waals surface area (Å²) >= 11 is 0. The highest BCUT2D eigenvalue weighted by atomic mass is 14.6. The Labute approximate surface area is 172 Å². The minimum atomic E-state index is -0.368. The first-order chi connectivity index (χ1) is 14.0. The van der Waals surface area contributed by atoms with Gasteiger partial charge in [0.05, 0.1) is 5.41 Å². The number of fused-ring (bicyclic) bond motifs is 3. The summed E-state index contributed by atoms with van der Waals surface area (Å²) in [7, 11) is 0.